The molecule has 0 aliphatic heterocycles. The Morgan fingerprint density at radius 3 is 2.93 bits per heavy atom. The highest BCUT2D eigenvalue weighted by molar-refractivity contribution is 7.99. The number of hydrogen-bond acceptors (Lipinski definition) is 5. The standard InChI is InChI=1S/C19H18ClN5OS2/c1-12-13-11-16(17(26)21-8-10-27-19-22-7-9-24(19)2)28-18(13)25(23-12)15-6-4-3-5-14(15)20/h3-7,9,11H,8,10H2,1-2H3,(H,21,26). The number of benzene rings is 1. The van der Waals surface area contributed by atoms with E-state index in [-0.39, 0.29) is 5.91 Å². The summed E-state index contributed by atoms with van der Waals surface area (Å²) >= 11 is 9.37. The number of thioether (sulfide) groups is 1. The highest BCUT2D eigenvalue weighted by Crippen LogP contribution is 2.32. The fourth-order valence-corrected chi connectivity index (χ4v) is 4.93. The maximum absolute atomic E-state index is 12.6. The predicted molar refractivity (Wildman–Crippen MR) is 115 cm³/mol. The number of amides is 1. The molecular weight excluding hydrogens is 414 g/mol. The third-order valence-corrected chi connectivity index (χ3v) is 6.73. The highest BCUT2D eigenvalue weighted by atomic mass is 35.5. The molecule has 9 heteroatoms. The molecule has 3 aromatic heterocycles. The van der Waals surface area contributed by atoms with Crippen LogP contribution < -0.4 is 5.32 Å². The van der Waals surface area contributed by atoms with Crippen LogP contribution >= 0.6 is 34.7 Å². The first-order valence-electron chi connectivity index (χ1n) is 8.67. The molecule has 144 valence electrons. The summed E-state index contributed by atoms with van der Waals surface area (Å²) in [6.07, 6.45) is 3.67. The molecule has 6 nitrogen and oxygen atoms in total. The second-order valence-electron chi connectivity index (χ2n) is 6.20. The number of thiophene rings is 1. The lowest BCUT2D eigenvalue weighted by atomic mass is 10.3. The maximum Gasteiger partial charge on any atom is 0.261 e. The number of nitrogens with one attached hydrogen (secondary N) is 1. The van der Waals surface area contributed by atoms with E-state index in [9.17, 15) is 4.79 Å². The molecule has 1 amide bonds. The van der Waals surface area contributed by atoms with Gasteiger partial charge in [0.1, 0.15) is 4.83 Å². The Labute approximate surface area is 175 Å². The molecule has 4 aromatic rings. The number of rotatable bonds is 6. The van der Waals surface area contributed by atoms with Crippen molar-refractivity contribution in [2.75, 3.05) is 12.3 Å². The van der Waals surface area contributed by atoms with Gasteiger partial charge in [0.05, 0.1) is 21.3 Å². The van der Waals surface area contributed by atoms with Crippen molar-refractivity contribution < 1.29 is 4.79 Å². The Morgan fingerprint density at radius 1 is 1.36 bits per heavy atom. The predicted octanol–water partition coefficient (Wildman–Crippen LogP) is 4.30. The molecule has 0 unspecified atom stereocenters. The normalized spacial score (nSPS) is 11.2. The average molecular weight is 432 g/mol. The minimum atomic E-state index is -0.0771. The molecular formula is C19H18ClN5OS2. The van der Waals surface area contributed by atoms with Gasteiger partial charge in [-0.1, -0.05) is 35.5 Å². The van der Waals surface area contributed by atoms with E-state index < -0.39 is 0 Å². The summed E-state index contributed by atoms with van der Waals surface area (Å²) in [5, 5.41) is 10.1. The Hall–Kier alpha value is -2.29. The summed E-state index contributed by atoms with van der Waals surface area (Å²) in [5.41, 5.74) is 1.68. The molecule has 0 fully saturated rings. The molecule has 0 aliphatic rings. The Balaban J connectivity index is 1.48. The largest absolute Gasteiger partial charge is 0.350 e. The zero-order valence-electron chi connectivity index (χ0n) is 15.3. The van der Waals surface area contributed by atoms with Crippen molar-refractivity contribution in [3.8, 4) is 5.69 Å². The molecule has 0 atom stereocenters. The van der Waals surface area contributed by atoms with Crippen LogP contribution in [0.4, 0.5) is 0 Å². The number of carbonyl (C=O) groups is 1. The monoisotopic (exact) mass is 431 g/mol. The van der Waals surface area contributed by atoms with Crippen molar-refractivity contribution in [2.45, 2.75) is 12.1 Å². The minimum absolute atomic E-state index is 0.0771. The van der Waals surface area contributed by atoms with E-state index in [0.717, 1.165) is 32.5 Å². The van der Waals surface area contributed by atoms with Crippen molar-refractivity contribution in [3.05, 3.63) is 58.3 Å². The van der Waals surface area contributed by atoms with Crippen molar-refractivity contribution in [2.24, 2.45) is 7.05 Å². The number of hydrogen-bond donors (Lipinski definition) is 1. The molecule has 0 radical (unpaired) electrons. The van der Waals surface area contributed by atoms with Gasteiger partial charge < -0.3 is 9.88 Å². The second kappa shape index (κ2) is 7.98. The van der Waals surface area contributed by atoms with Gasteiger partial charge in [-0.2, -0.15) is 5.10 Å². The van der Waals surface area contributed by atoms with E-state index >= 15 is 0 Å². The number of nitrogens with zero attached hydrogens (tertiary/aromatic N) is 4. The fraction of sp³-hybridized carbons (Fsp3) is 0.211. The smallest absolute Gasteiger partial charge is 0.261 e. The van der Waals surface area contributed by atoms with E-state index in [4.69, 9.17) is 11.6 Å². The first-order valence-corrected chi connectivity index (χ1v) is 10.8. The van der Waals surface area contributed by atoms with Gasteiger partial charge in [-0.3, -0.25) is 4.79 Å². The van der Waals surface area contributed by atoms with Gasteiger partial charge >= 0.3 is 0 Å². The van der Waals surface area contributed by atoms with Gasteiger partial charge in [-0.15, -0.1) is 11.3 Å². The van der Waals surface area contributed by atoms with Crippen LogP contribution in [0.25, 0.3) is 15.9 Å². The highest BCUT2D eigenvalue weighted by Gasteiger charge is 2.18. The first kappa shape index (κ1) is 19.0. The van der Waals surface area contributed by atoms with E-state index in [0.29, 0.717) is 16.4 Å². The van der Waals surface area contributed by atoms with Crippen LogP contribution in [0.3, 0.4) is 0 Å². The van der Waals surface area contributed by atoms with Gasteiger partial charge in [0.2, 0.25) is 0 Å². The minimum Gasteiger partial charge on any atom is -0.350 e. The summed E-state index contributed by atoms with van der Waals surface area (Å²) in [4.78, 5) is 18.4. The van der Waals surface area contributed by atoms with Crippen LogP contribution in [0, 0.1) is 6.92 Å². The summed E-state index contributed by atoms with van der Waals surface area (Å²) in [6.45, 7) is 2.51. The SMILES string of the molecule is Cc1nn(-c2ccccc2Cl)c2sc(C(=O)NCCSc3nccn3C)cc12. The Morgan fingerprint density at radius 2 is 2.18 bits per heavy atom. The van der Waals surface area contributed by atoms with Crippen LogP contribution in [-0.4, -0.2) is 37.5 Å². The van der Waals surface area contributed by atoms with Gasteiger partial charge in [-0.05, 0) is 25.1 Å². The Kier molecular flexibility index (Phi) is 5.43. The van der Waals surface area contributed by atoms with Crippen LogP contribution in [0.5, 0.6) is 0 Å². The molecule has 1 N–H and O–H groups in total. The van der Waals surface area contributed by atoms with Gasteiger partial charge in [0.25, 0.3) is 5.91 Å². The lowest BCUT2D eigenvalue weighted by Crippen LogP contribution is -2.24. The topological polar surface area (TPSA) is 64.7 Å². The van der Waals surface area contributed by atoms with Crippen LogP contribution in [0.15, 0.2) is 47.9 Å². The van der Waals surface area contributed by atoms with Crippen molar-refractivity contribution in [1.29, 1.82) is 0 Å². The van der Waals surface area contributed by atoms with Crippen molar-refractivity contribution >= 4 is 50.8 Å². The van der Waals surface area contributed by atoms with E-state index in [1.807, 2.05) is 59.7 Å². The molecule has 0 aliphatic carbocycles. The number of para-hydroxylation sites is 1. The zero-order chi connectivity index (χ0) is 19.7. The summed E-state index contributed by atoms with van der Waals surface area (Å²) in [5.74, 6) is 0.681. The maximum atomic E-state index is 12.6. The fourth-order valence-electron chi connectivity index (χ4n) is 2.83. The summed E-state index contributed by atoms with van der Waals surface area (Å²) < 4.78 is 3.77. The molecule has 1 aromatic carbocycles. The van der Waals surface area contributed by atoms with Gasteiger partial charge in [0.15, 0.2) is 5.16 Å². The van der Waals surface area contributed by atoms with Crippen LogP contribution in [0.1, 0.15) is 15.4 Å². The molecule has 0 saturated heterocycles. The van der Waals surface area contributed by atoms with Crippen molar-refractivity contribution in [3.63, 3.8) is 0 Å². The number of fused-ring (bicyclic) bond motifs is 1. The molecule has 0 spiro atoms. The third-order valence-electron chi connectivity index (χ3n) is 4.24. The van der Waals surface area contributed by atoms with E-state index in [1.165, 1.54) is 11.3 Å². The zero-order valence-corrected chi connectivity index (χ0v) is 17.7. The number of imidazole rings is 1. The summed E-state index contributed by atoms with van der Waals surface area (Å²) in [6, 6.07) is 9.46. The van der Waals surface area contributed by atoms with Gasteiger partial charge in [0, 0.05) is 37.1 Å². The number of aromatic nitrogens is 4. The summed E-state index contributed by atoms with van der Waals surface area (Å²) in [7, 11) is 1.95. The van der Waals surface area contributed by atoms with Crippen LogP contribution in [-0.2, 0) is 7.05 Å². The van der Waals surface area contributed by atoms with Gasteiger partial charge in [-0.25, -0.2) is 9.67 Å². The molecule has 0 saturated carbocycles. The average Bonchev–Trinajstić information content (AvgIpc) is 3.36. The molecule has 4 rings (SSSR count). The van der Waals surface area contributed by atoms with E-state index in [1.54, 1.807) is 18.0 Å². The number of aryl methyl sites for hydroxylation is 2. The lowest BCUT2D eigenvalue weighted by molar-refractivity contribution is 0.0960. The number of halogens is 1. The second-order valence-corrected chi connectivity index (χ2v) is 8.70. The lowest BCUT2D eigenvalue weighted by Gasteiger charge is -2.05. The Bertz CT molecular complexity index is 1150. The third kappa shape index (κ3) is 3.67. The molecule has 3 heterocycles. The van der Waals surface area contributed by atoms with Crippen LogP contribution in [0.2, 0.25) is 5.02 Å². The van der Waals surface area contributed by atoms with E-state index in [2.05, 4.69) is 15.4 Å². The molecule has 28 heavy (non-hydrogen) atoms. The molecule has 0 bridgehead atoms. The number of carbonyl (C=O) groups excluding carboxylic acids is 1. The van der Waals surface area contributed by atoms with Crippen molar-refractivity contribution in [1.82, 2.24) is 24.6 Å². The first-order chi connectivity index (χ1) is 13.5. The quantitative estimate of drug-likeness (QED) is 0.365.